The van der Waals surface area contributed by atoms with Crippen molar-refractivity contribution in [2.45, 2.75) is 26.9 Å². The van der Waals surface area contributed by atoms with E-state index in [9.17, 15) is 9.18 Å². The lowest BCUT2D eigenvalue weighted by molar-refractivity contribution is 0.0746. The highest BCUT2D eigenvalue weighted by Gasteiger charge is 2.08. The Morgan fingerprint density at radius 2 is 2.18 bits per heavy atom. The van der Waals surface area contributed by atoms with Gasteiger partial charge >= 0.3 is 0 Å². The predicted octanol–water partition coefficient (Wildman–Crippen LogP) is 2.29. The van der Waals surface area contributed by atoms with E-state index in [2.05, 4.69) is 5.32 Å². The molecule has 1 aromatic rings. The summed E-state index contributed by atoms with van der Waals surface area (Å²) in [6.07, 6.45) is 0.152. The van der Waals surface area contributed by atoms with Gasteiger partial charge in [-0.05, 0) is 44.5 Å². The Labute approximate surface area is 101 Å². The zero-order valence-electron chi connectivity index (χ0n) is 10.4. The summed E-state index contributed by atoms with van der Waals surface area (Å²) in [4.78, 5) is 11.7. The fourth-order valence-corrected chi connectivity index (χ4v) is 1.44. The minimum atomic E-state index is -0.331. The molecule has 1 rings (SSSR count). The van der Waals surface area contributed by atoms with Gasteiger partial charge in [0.1, 0.15) is 5.82 Å². The van der Waals surface area contributed by atoms with Crippen molar-refractivity contribution in [3.63, 3.8) is 0 Å². The lowest BCUT2D eigenvalue weighted by Gasteiger charge is -2.09. The van der Waals surface area contributed by atoms with Gasteiger partial charge in [0.2, 0.25) is 0 Å². The molecule has 4 heteroatoms. The zero-order valence-corrected chi connectivity index (χ0v) is 10.4. The third kappa shape index (κ3) is 4.53. The minimum absolute atomic E-state index is 0.152. The lowest BCUT2D eigenvalue weighted by Crippen LogP contribution is -2.28. The molecule has 1 aromatic carbocycles. The standard InChI is InChI=1S/C13H18FNO2/c1-9(2)17-7-6-15-13(16)12-5-4-11(14)8-10(12)3/h4-5,8-9H,6-7H2,1-3H3,(H,15,16). The lowest BCUT2D eigenvalue weighted by atomic mass is 10.1. The number of amides is 1. The van der Waals surface area contributed by atoms with Gasteiger partial charge < -0.3 is 10.1 Å². The molecule has 0 aliphatic carbocycles. The van der Waals surface area contributed by atoms with Gasteiger partial charge in [-0.2, -0.15) is 0 Å². The van der Waals surface area contributed by atoms with E-state index in [0.717, 1.165) is 0 Å². The number of halogens is 1. The molecule has 0 radical (unpaired) electrons. The number of rotatable bonds is 5. The molecule has 0 spiro atoms. The van der Waals surface area contributed by atoms with Crippen LogP contribution in [0.3, 0.4) is 0 Å². The molecule has 0 heterocycles. The zero-order chi connectivity index (χ0) is 12.8. The number of carbonyl (C=O) groups excluding carboxylic acids is 1. The van der Waals surface area contributed by atoms with Gasteiger partial charge in [-0.25, -0.2) is 4.39 Å². The summed E-state index contributed by atoms with van der Waals surface area (Å²) in [5.41, 5.74) is 1.13. The number of hydrogen-bond donors (Lipinski definition) is 1. The summed E-state index contributed by atoms with van der Waals surface area (Å²) in [5.74, 6) is -0.531. The summed E-state index contributed by atoms with van der Waals surface area (Å²) in [5, 5.41) is 2.73. The average molecular weight is 239 g/mol. The van der Waals surface area contributed by atoms with Gasteiger partial charge in [0.25, 0.3) is 5.91 Å². The van der Waals surface area contributed by atoms with Crippen LogP contribution in [0.5, 0.6) is 0 Å². The molecule has 1 amide bonds. The second kappa shape index (κ2) is 6.35. The summed E-state index contributed by atoms with van der Waals surface area (Å²) < 4.78 is 18.2. The van der Waals surface area contributed by atoms with Crippen molar-refractivity contribution in [3.8, 4) is 0 Å². The van der Waals surface area contributed by atoms with E-state index < -0.39 is 0 Å². The summed E-state index contributed by atoms with van der Waals surface area (Å²) in [7, 11) is 0. The number of nitrogens with one attached hydrogen (secondary N) is 1. The molecule has 0 bridgehead atoms. The Morgan fingerprint density at radius 3 is 2.76 bits per heavy atom. The van der Waals surface area contributed by atoms with Crippen molar-refractivity contribution in [2.75, 3.05) is 13.2 Å². The van der Waals surface area contributed by atoms with Crippen LogP contribution >= 0.6 is 0 Å². The van der Waals surface area contributed by atoms with E-state index in [1.807, 2.05) is 13.8 Å². The Balaban J connectivity index is 2.47. The Morgan fingerprint density at radius 1 is 1.47 bits per heavy atom. The highest BCUT2D eigenvalue weighted by atomic mass is 19.1. The van der Waals surface area contributed by atoms with Crippen molar-refractivity contribution < 1.29 is 13.9 Å². The van der Waals surface area contributed by atoms with Crippen molar-refractivity contribution in [2.24, 2.45) is 0 Å². The van der Waals surface area contributed by atoms with E-state index in [1.165, 1.54) is 18.2 Å². The molecule has 0 unspecified atom stereocenters. The maximum absolute atomic E-state index is 12.9. The summed E-state index contributed by atoms with van der Waals surface area (Å²) in [6, 6.07) is 4.12. The van der Waals surface area contributed by atoms with E-state index in [4.69, 9.17) is 4.74 Å². The highest BCUT2D eigenvalue weighted by Crippen LogP contribution is 2.09. The molecule has 0 fully saturated rings. The van der Waals surface area contributed by atoms with Crippen LogP contribution in [0.15, 0.2) is 18.2 Å². The first kappa shape index (κ1) is 13.6. The molecule has 0 saturated heterocycles. The molecule has 0 aliphatic rings. The predicted molar refractivity (Wildman–Crippen MR) is 64.6 cm³/mol. The Hall–Kier alpha value is -1.42. The van der Waals surface area contributed by atoms with Gasteiger partial charge in [-0.3, -0.25) is 4.79 Å². The number of hydrogen-bond acceptors (Lipinski definition) is 2. The quantitative estimate of drug-likeness (QED) is 0.801. The monoisotopic (exact) mass is 239 g/mol. The number of carbonyl (C=O) groups is 1. The number of ether oxygens (including phenoxy) is 1. The van der Waals surface area contributed by atoms with Crippen molar-refractivity contribution in [1.29, 1.82) is 0 Å². The molecule has 0 atom stereocenters. The number of aryl methyl sites for hydroxylation is 1. The smallest absolute Gasteiger partial charge is 0.251 e. The third-order valence-electron chi connectivity index (χ3n) is 2.27. The maximum Gasteiger partial charge on any atom is 0.251 e. The Kier molecular flexibility index (Phi) is 5.10. The SMILES string of the molecule is Cc1cc(F)ccc1C(=O)NCCOC(C)C. The van der Waals surface area contributed by atoms with Crippen molar-refractivity contribution in [3.05, 3.63) is 35.1 Å². The van der Waals surface area contributed by atoms with Gasteiger partial charge in [-0.15, -0.1) is 0 Å². The van der Waals surface area contributed by atoms with Crippen LogP contribution in [0.1, 0.15) is 29.8 Å². The molecular weight excluding hydrogens is 221 g/mol. The first-order valence-electron chi connectivity index (χ1n) is 5.66. The number of benzene rings is 1. The second-order valence-electron chi connectivity index (χ2n) is 4.13. The van der Waals surface area contributed by atoms with Gasteiger partial charge in [-0.1, -0.05) is 0 Å². The Bertz CT molecular complexity index is 391. The van der Waals surface area contributed by atoms with Crippen LogP contribution in [-0.2, 0) is 4.74 Å². The minimum Gasteiger partial charge on any atom is -0.377 e. The first-order valence-corrected chi connectivity index (χ1v) is 5.66. The maximum atomic E-state index is 12.9. The molecule has 0 aliphatic heterocycles. The fraction of sp³-hybridized carbons (Fsp3) is 0.462. The molecule has 17 heavy (non-hydrogen) atoms. The van der Waals surface area contributed by atoms with Gasteiger partial charge in [0.15, 0.2) is 0 Å². The molecule has 94 valence electrons. The third-order valence-corrected chi connectivity index (χ3v) is 2.27. The van der Waals surface area contributed by atoms with Gasteiger partial charge in [0.05, 0.1) is 12.7 Å². The van der Waals surface area contributed by atoms with Crippen LogP contribution in [0.25, 0.3) is 0 Å². The van der Waals surface area contributed by atoms with Crippen LogP contribution < -0.4 is 5.32 Å². The van der Waals surface area contributed by atoms with E-state index >= 15 is 0 Å². The molecular formula is C13H18FNO2. The molecule has 1 N–H and O–H groups in total. The summed E-state index contributed by atoms with van der Waals surface area (Å²) >= 11 is 0. The normalized spacial score (nSPS) is 10.6. The molecule has 0 saturated carbocycles. The molecule has 3 nitrogen and oxygen atoms in total. The summed E-state index contributed by atoms with van der Waals surface area (Å²) in [6.45, 7) is 6.51. The van der Waals surface area contributed by atoms with Crippen molar-refractivity contribution >= 4 is 5.91 Å². The topological polar surface area (TPSA) is 38.3 Å². The van der Waals surface area contributed by atoms with Crippen LogP contribution in [0, 0.1) is 12.7 Å². The van der Waals surface area contributed by atoms with Crippen molar-refractivity contribution in [1.82, 2.24) is 5.32 Å². The largest absolute Gasteiger partial charge is 0.377 e. The fourth-order valence-electron chi connectivity index (χ4n) is 1.44. The second-order valence-corrected chi connectivity index (χ2v) is 4.13. The van der Waals surface area contributed by atoms with E-state index in [0.29, 0.717) is 24.3 Å². The first-order chi connectivity index (χ1) is 8.00. The van der Waals surface area contributed by atoms with E-state index in [1.54, 1.807) is 6.92 Å². The van der Waals surface area contributed by atoms with Crippen LogP contribution in [0.2, 0.25) is 0 Å². The highest BCUT2D eigenvalue weighted by molar-refractivity contribution is 5.95. The van der Waals surface area contributed by atoms with Gasteiger partial charge in [0, 0.05) is 12.1 Å². The van der Waals surface area contributed by atoms with E-state index in [-0.39, 0.29) is 17.8 Å². The van der Waals surface area contributed by atoms with Crippen LogP contribution in [-0.4, -0.2) is 25.2 Å². The molecule has 0 aromatic heterocycles. The average Bonchev–Trinajstić information content (AvgIpc) is 2.23. The van der Waals surface area contributed by atoms with Crippen LogP contribution in [0.4, 0.5) is 4.39 Å².